The van der Waals surface area contributed by atoms with Crippen LogP contribution in [0.2, 0.25) is 0 Å². The van der Waals surface area contributed by atoms with Crippen molar-refractivity contribution in [3.8, 4) is 11.5 Å². The molecule has 0 saturated carbocycles. The molecule has 0 atom stereocenters. The monoisotopic (exact) mass is 500 g/mol. The lowest BCUT2D eigenvalue weighted by molar-refractivity contribution is -0.123. The van der Waals surface area contributed by atoms with Crippen LogP contribution in [-0.4, -0.2) is 24.7 Å². The number of hydrogen-bond acceptors (Lipinski definition) is 5. The van der Waals surface area contributed by atoms with Gasteiger partial charge in [-0.3, -0.25) is 4.79 Å². The molecule has 29 heavy (non-hydrogen) atoms. The third-order valence-corrected chi connectivity index (χ3v) is 4.64. The fraction of sp³-hybridized carbons (Fsp3) is 0.0455. The maximum Gasteiger partial charge on any atom is 0.344 e. The Kier molecular flexibility index (Phi) is 7.34. The lowest BCUT2D eigenvalue weighted by Gasteiger charge is -2.06. The highest BCUT2D eigenvalue weighted by Crippen LogP contribution is 2.17. The normalized spacial score (nSPS) is 10.5. The van der Waals surface area contributed by atoms with E-state index in [9.17, 15) is 9.59 Å². The van der Waals surface area contributed by atoms with Crippen LogP contribution in [0.4, 0.5) is 0 Å². The smallest absolute Gasteiger partial charge is 0.344 e. The maximum atomic E-state index is 12.2. The minimum atomic E-state index is -0.415. The second-order valence-electron chi connectivity index (χ2n) is 5.83. The van der Waals surface area contributed by atoms with Crippen molar-refractivity contribution in [3.63, 3.8) is 0 Å². The molecule has 0 aromatic heterocycles. The van der Waals surface area contributed by atoms with Gasteiger partial charge in [-0.05, 0) is 76.7 Å². The Balaban J connectivity index is 1.48. The first-order chi connectivity index (χ1) is 14.1. The van der Waals surface area contributed by atoms with Gasteiger partial charge in [-0.25, -0.2) is 10.2 Å². The Morgan fingerprint density at radius 2 is 1.59 bits per heavy atom. The van der Waals surface area contributed by atoms with E-state index >= 15 is 0 Å². The maximum absolute atomic E-state index is 12.2. The van der Waals surface area contributed by atoms with Gasteiger partial charge in [0.1, 0.15) is 11.5 Å². The first-order valence-electron chi connectivity index (χ1n) is 8.68. The molecule has 0 aliphatic rings. The molecule has 146 valence electrons. The van der Waals surface area contributed by atoms with E-state index in [-0.39, 0.29) is 12.5 Å². The average molecular weight is 500 g/mol. The zero-order valence-corrected chi connectivity index (χ0v) is 17.4. The van der Waals surface area contributed by atoms with Gasteiger partial charge in [-0.2, -0.15) is 5.10 Å². The van der Waals surface area contributed by atoms with E-state index in [2.05, 4.69) is 33.1 Å². The topological polar surface area (TPSA) is 77.0 Å². The molecule has 1 N–H and O–H groups in total. The van der Waals surface area contributed by atoms with Crippen LogP contribution in [0.25, 0.3) is 0 Å². The van der Waals surface area contributed by atoms with E-state index in [0.29, 0.717) is 17.1 Å². The van der Waals surface area contributed by atoms with Gasteiger partial charge in [0.15, 0.2) is 6.61 Å². The highest BCUT2D eigenvalue weighted by atomic mass is 127. The molecule has 0 fully saturated rings. The molecule has 0 spiro atoms. The fourth-order valence-electron chi connectivity index (χ4n) is 2.29. The van der Waals surface area contributed by atoms with Crippen molar-refractivity contribution in [2.24, 2.45) is 5.10 Å². The second-order valence-corrected chi connectivity index (χ2v) is 7.00. The number of nitrogens with zero attached hydrogens (tertiary/aromatic N) is 1. The second kappa shape index (κ2) is 10.4. The summed E-state index contributed by atoms with van der Waals surface area (Å²) in [7, 11) is 0. The molecule has 0 heterocycles. The van der Waals surface area contributed by atoms with E-state index in [4.69, 9.17) is 9.47 Å². The minimum Gasteiger partial charge on any atom is -0.484 e. The van der Waals surface area contributed by atoms with Gasteiger partial charge in [0, 0.05) is 3.57 Å². The molecule has 0 aliphatic heterocycles. The molecular formula is C22H17IN2O4. The number of benzene rings is 3. The van der Waals surface area contributed by atoms with Gasteiger partial charge in [0.05, 0.1) is 11.8 Å². The largest absolute Gasteiger partial charge is 0.484 e. The van der Waals surface area contributed by atoms with Gasteiger partial charge in [-0.1, -0.05) is 30.3 Å². The number of esters is 1. The van der Waals surface area contributed by atoms with Crippen LogP contribution in [-0.2, 0) is 4.79 Å². The number of nitrogens with one attached hydrogen (secondary N) is 1. The summed E-state index contributed by atoms with van der Waals surface area (Å²) in [6.45, 7) is -0.130. The van der Waals surface area contributed by atoms with Crippen molar-refractivity contribution in [2.45, 2.75) is 0 Å². The molecule has 0 radical (unpaired) electrons. The highest BCUT2D eigenvalue weighted by molar-refractivity contribution is 14.1. The van der Waals surface area contributed by atoms with E-state index in [1.807, 2.05) is 30.3 Å². The predicted octanol–water partition coefficient (Wildman–Crippen LogP) is 4.04. The lowest BCUT2D eigenvalue weighted by atomic mass is 10.2. The molecule has 0 unspecified atom stereocenters. The van der Waals surface area contributed by atoms with Crippen LogP contribution >= 0.6 is 22.6 Å². The van der Waals surface area contributed by atoms with Gasteiger partial charge in [-0.15, -0.1) is 0 Å². The summed E-state index contributed by atoms with van der Waals surface area (Å²) in [4.78, 5) is 24.0. The molecule has 7 heteroatoms. The van der Waals surface area contributed by atoms with Crippen molar-refractivity contribution >= 4 is 40.7 Å². The Morgan fingerprint density at radius 1 is 0.897 bits per heavy atom. The van der Waals surface area contributed by atoms with Crippen LogP contribution in [0.1, 0.15) is 15.9 Å². The Labute approximate surface area is 181 Å². The molecule has 3 aromatic rings. The lowest BCUT2D eigenvalue weighted by Crippen LogP contribution is -2.24. The van der Waals surface area contributed by atoms with E-state index in [1.165, 1.54) is 6.21 Å². The highest BCUT2D eigenvalue weighted by Gasteiger charge is 2.11. The molecule has 6 nitrogen and oxygen atoms in total. The Bertz CT molecular complexity index is 1000. The minimum absolute atomic E-state index is 0.130. The number of rotatable bonds is 7. The molecule has 1 amide bonds. The summed E-state index contributed by atoms with van der Waals surface area (Å²) < 4.78 is 11.5. The molecule has 3 aromatic carbocycles. The molecule has 0 saturated heterocycles. The van der Waals surface area contributed by atoms with Crippen LogP contribution < -0.4 is 14.9 Å². The standard InChI is InChI=1S/C22H17IN2O4/c23-20-9-5-4-8-19(20)22(27)29-18-12-10-16(11-13-18)14-24-25-21(26)15-28-17-6-2-1-3-7-17/h1-14H,15H2,(H,25,26)/b24-14-. The van der Waals surface area contributed by atoms with Crippen LogP contribution in [0.5, 0.6) is 11.5 Å². The third-order valence-electron chi connectivity index (χ3n) is 3.70. The van der Waals surface area contributed by atoms with Gasteiger partial charge < -0.3 is 9.47 Å². The average Bonchev–Trinajstić information content (AvgIpc) is 2.74. The summed E-state index contributed by atoms with van der Waals surface area (Å²) in [5.41, 5.74) is 3.65. The number of hydrazone groups is 1. The number of para-hydroxylation sites is 1. The first-order valence-corrected chi connectivity index (χ1v) is 9.76. The van der Waals surface area contributed by atoms with Gasteiger partial charge >= 0.3 is 5.97 Å². The zero-order chi connectivity index (χ0) is 20.5. The van der Waals surface area contributed by atoms with E-state index in [1.54, 1.807) is 48.5 Å². The van der Waals surface area contributed by atoms with Crippen molar-refractivity contribution < 1.29 is 19.1 Å². The number of carbonyl (C=O) groups excluding carboxylic acids is 2. The van der Waals surface area contributed by atoms with E-state index in [0.717, 1.165) is 9.13 Å². The number of ether oxygens (including phenoxy) is 2. The zero-order valence-electron chi connectivity index (χ0n) is 15.2. The summed E-state index contributed by atoms with van der Waals surface area (Å²) in [5, 5.41) is 3.89. The van der Waals surface area contributed by atoms with Crippen molar-refractivity contribution in [3.05, 3.63) is 93.6 Å². The number of halogens is 1. The quantitative estimate of drug-likeness (QED) is 0.175. The number of carbonyl (C=O) groups is 2. The van der Waals surface area contributed by atoms with Crippen molar-refractivity contribution in [1.82, 2.24) is 5.43 Å². The van der Waals surface area contributed by atoms with Gasteiger partial charge in [0.2, 0.25) is 0 Å². The molecule has 3 rings (SSSR count). The van der Waals surface area contributed by atoms with Crippen LogP contribution in [0.3, 0.4) is 0 Å². The van der Waals surface area contributed by atoms with Crippen LogP contribution in [0.15, 0.2) is 84.0 Å². The number of amides is 1. The predicted molar refractivity (Wildman–Crippen MR) is 118 cm³/mol. The summed E-state index contributed by atoms with van der Waals surface area (Å²) in [6, 6.07) is 23.1. The summed E-state index contributed by atoms with van der Waals surface area (Å²) in [5.74, 6) is 0.254. The number of hydrogen-bond donors (Lipinski definition) is 1. The van der Waals surface area contributed by atoms with Crippen molar-refractivity contribution in [1.29, 1.82) is 0 Å². The summed E-state index contributed by atoms with van der Waals surface area (Å²) in [6.07, 6.45) is 1.49. The fourth-order valence-corrected chi connectivity index (χ4v) is 2.89. The SMILES string of the molecule is O=C(COc1ccccc1)N/N=C\c1ccc(OC(=O)c2ccccc2I)cc1. The molecular weight excluding hydrogens is 483 g/mol. The molecule has 0 aliphatic carbocycles. The Hall–Kier alpha value is -3.20. The Morgan fingerprint density at radius 3 is 2.31 bits per heavy atom. The van der Waals surface area contributed by atoms with E-state index < -0.39 is 5.97 Å². The van der Waals surface area contributed by atoms with Crippen molar-refractivity contribution in [2.75, 3.05) is 6.61 Å². The molecule has 0 bridgehead atoms. The first kappa shape index (κ1) is 20.5. The van der Waals surface area contributed by atoms with Gasteiger partial charge in [0.25, 0.3) is 5.91 Å². The summed E-state index contributed by atoms with van der Waals surface area (Å²) >= 11 is 2.09. The third kappa shape index (κ3) is 6.42. The van der Waals surface area contributed by atoms with Crippen LogP contribution in [0, 0.1) is 3.57 Å².